The van der Waals surface area contributed by atoms with E-state index in [0.29, 0.717) is 11.4 Å². The Morgan fingerprint density at radius 2 is 1.64 bits per heavy atom. The van der Waals surface area contributed by atoms with Gasteiger partial charge in [0.05, 0.1) is 24.8 Å². The smallest absolute Gasteiger partial charge is 0.332 e. The highest BCUT2D eigenvalue weighted by atomic mass is 16.6. The van der Waals surface area contributed by atoms with Crippen molar-refractivity contribution in [2.75, 3.05) is 24.7 Å². The standard InChI is InChI=1S/C24H29N3O6/c1-6-14-27-18(16-12-10-9-11-13-16)24(21(29)32-7-2,22(30)33-8-3)15-17-19(27)25(4)23(31)26(5)20(17)28/h6,9-13,18H,1,7-8,14-15H2,2-5H3. The second-order valence-electron chi connectivity index (χ2n) is 7.85. The predicted octanol–water partition coefficient (Wildman–Crippen LogP) is 1.49. The Morgan fingerprint density at radius 3 is 2.15 bits per heavy atom. The quantitative estimate of drug-likeness (QED) is 0.354. The van der Waals surface area contributed by atoms with Crippen molar-refractivity contribution in [3.8, 4) is 0 Å². The molecule has 9 nitrogen and oxygen atoms in total. The number of ether oxygens (including phenoxy) is 2. The van der Waals surface area contributed by atoms with Gasteiger partial charge in [0, 0.05) is 27.1 Å². The van der Waals surface area contributed by atoms with Crippen molar-refractivity contribution in [1.82, 2.24) is 9.13 Å². The Balaban J connectivity index is 2.49. The summed E-state index contributed by atoms with van der Waals surface area (Å²) in [5, 5.41) is 0. The lowest BCUT2D eigenvalue weighted by Gasteiger charge is -2.48. The fourth-order valence-electron chi connectivity index (χ4n) is 4.59. The average Bonchev–Trinajstić information content (AvgIpc) is 2.81. The maximum atomic E-state index is 13.6. The van der Waals surface area contributed by atoms with E-state index >= 15 is 0 Å². The van der Waals surface area contributed by atoms with Crippen molar-refractivity contribution in [3.05, 3.63) is 75.0 Å². The number of esters is 2. The number of fused-ring (bicyclic) bond motifs is 1. The lowest BCUT2D eigenvalue weighted by Crippen LogP contribution is -2.59. The summed E-state index contributed by atoms with van der Waals surface area (Å²) in [5.74, 6) is -1.23. The zero-order valence-electron chi connectivity index (χ0n) is 19.4. The summed E-state index contributed by atoms with van der Waals surface area (Å²) in [5.41, 5.74) is -2.16. The van der Waals surface area contributed by atoms with E-state index in [9.17, 15) is 19.2 Å². The number of anilines is 1. The van der Waals surface area contributed by atoms with Crippen molar-refractivity contribution >= 4 is 17.8 Å². The van der Waals surface area contributed by atoms with Crippen molar-refractivity contribution in [1.29, 1.82) is 0 Å². The van der Waals surface area contributed by atoms with Gasteiger partial charge in [0.2, 0.25) is 0 Å². The molecule has 1 atom stereocenters. The molecular weight excluding hydrogens is 426 g/mol. The molecule has 1 aliphatic rings. The number of benzene rings is 1. The summed E-state index contributed by atoms with van der Waals surface area (Å²) in [7, 11) is 2.92. The highest BCUT2D eigenvalue weighted by molar-refractivity contribution is 6.03. The molecule has 1 unspecified atom stereocenters. The lowest BCUT2D eigenvalue weighted by molar-refractivity contribution is -0.174. The minimum atomic E-state index is -1.87. The van der Waals surface area contributed by atoms with Crippen LogP contribution in [0, 0.1) is 5.41 Å². The molecule has 1 aromatic heterocycles. The first-order chi connectivity index (χ1) is 15.8. The number of rotatable bonds is 7. The minimum absolute atomic E-state index is 0.0428. The lowest BCUT2D eigenvalue weighted by atomic mass is 9.69. The van der Waals surface area contributed by atoms with Gasteiger partial charge in [-0.25, -0.2) is 4.79 Å². The Morgan fingerprint density at radius 1 is 1.06 bits per heavy atom. The van der Waals surface area contributed by atoms with Gasteiger partial charge in [-0.15, -0.1) is 6.58 Å². The second-order valence-corrected chi connectivity index (χ2v) is 7.85. The molecule has 33 heavy (non-hydrogen) atoms. The first-order valence-electron chi connectivity index (χ1n) is 10.8. The Labute approximate surface area is 191 Å². The summed E-state index contributed by atoms with van der Waals surface area (Å²) in [6, 6.07) is 8.08. The molecule has 0 saturated heterocycles. The van der Waals surface area contributed by atoms with Gasteiger partial charge in [-0.1, -0.05) is 36.4 Å². The number of hydrogen-bond donors (Lipinski definition) is 0. The Hall–Kier alpha value is -3.62. The summed E-state index contributed by atoms with van der Waals surface area (Å²) < 4.78 is 13.1. The predicted molar refractivity (Wildman–Crippen MR) is 123 cm³/mol. The summed E-state index contributed by atoms with van der Waals surface area (Å²) in [6.45, 7) is 7.36. The molecule has 0 saturated carbocycles. The highest BCUT2D eigenvalue weighted by Gasteiger charge is 2.61. The molecule has 0 spiro atoms. The summed E-state index contributed by atoms with van der Waals surface area (Å²) >= 11 is 0. The minimum Gasteiger partial charge on any atom is -0.465 e. The van der Waals surface area contributed by atoms with Crippen molar-refractivity contribution in [2.45, 2.75) is 26.3 Å². The van der Waals surface area contributed by atoms with Gasteiger partial charge in [-0.2, -0.15) is 0 Å². The zero-order chi connectivity index (χ0) is 24.3. The number of aromatic nitrogens is 2. The first-order valence-corrected chi connectivity index (χ1v) is 10.8. The number of carbonyl (C=O) groups is 2. The molecule has 0 amide bonds. The SMILES string of the molecule is C=CCN1c2c(c(=O)n(C)c(=O)n2C)CC(C(=O)OCC)(C(=O)OCC)C1c1ccccc1. The monoisotopic (exact) mass is 455 g/mol. The largest absolute Gasteiger partial charge is 0.465 e. The van der Waals surface area contributed by atoms with E-state index in [1.807, 2.05) is 6.07 Å². The van der Waals surface area contributed by atoms with Crippen LogP contribution in [0.15, 0.2) is 52.6 Å². The number of hydrogen-bond acceptors (Lipinski definition) is 7. The first kappa shape index (κ1) is 24.0. The van der Waals surface area contributed by atoms with Gasteiger partial charge >= 0.3 is 17.6 Å². The Kier molecular flexibility index (Phi) is 6.90. The van der Waals surface area contributed by atoms with Crippen molar-refractivity contribution in [3.63, 3.8) is 0 Å². The molecule has 176 valence electrons. The molecule has 0 aliphatic carbocycles. The third-order valence-electron chi connectivity index (χ3n) is 5.95. The third kappa shape index (κ3) is 3.77. The fourth-order valence-corrected chi connectivity index (χ4v) is 4.59. The van der Waals surface area contributed by atoms with Gasteiger partial charge < -0.3 is 14.4 Å². The van der Waals surface area contributed by atoms with Crippen LogP contribution < -0.4 is 16.1 Å². The average molecular weight is 456 g/mol. The molecule has 0 N–H and O–H groups in total. The molecule has 9 heteroatoms. The van der Waals surface area contributed by atoms with Crippen LogP contribution in [0.2, 0.25) is 0 Å². The molecule has 1 aromatic carbocycles. The molecule has 0 radical (unpaired) electrons. The molecule has 3 rings (SSSR count). The molecule has 2 aromatic rings. The van der Waals surface area contributed by atoms with E-state index in [1.165, 1.54) is 11.6 Å². The van der Waals surface area contributed by atoms with E-state index in [2.05, 4.69) is 6.58 Å². The topological polar surface area (TPSA) is 99.8 Å². The highest BCUT2D eigenvalue weighted by Crippen LogP contribution is 2.49. The van der Waals surface area contributed by atoms with E-state index in [-0.39, 0.29) is 31.7 Å². The van der Waals surface area contributed by atoms with Crippen LogP contribution in [0.25, 0.3) is 0 Å². The van der Waals surface area contributed by atoms with Crippen LogP contribution in [-0.4, -0.2) is 40.8 Å². The van der Waals surface area contributed by atoms with Gasteiger partial charge in [0.25, 0.3) is 5.56 Å². The summed E-state index contributed by atoms with van der Waals surface area (Å²) in [6.07, 6.45) is 1.32. The van der Waals surface area contributed by atoms with Crippen molar-refractivity contribution < 1.29 is 19.1 Å². The van der Waals surface area contributed by atoms with E-state index in [0.717, 1.165) is 4.57 Å². The van der Waals surface area contributed by atoms with Crippen molar-refractivity contribution in [2.24, 2.45) is 19.5 Å². The molecular formula is C24H29N3O6. The molecule has 1 aliphatic heterocycles. The second kappa shape index (κ2) is 9.48. The van der Waals surface area contributed by atoms with Gasteiger partial charge in [-0.3, -0.25) is 23.5 Å². The fraction of sp³-hybridized carbons (Fsp3) is 0.417. The van der Waals surface area contributed by atoms with Gasteiger partial charge in [0.1, 0.15) is 5.82 Å². The van der Waals surface area contributed by atoms with Crippen LogP contribution in [0.5, 0.6) is 0 Å². The maximum Gasteiger partial charge on any atom is 0.332 e. The number of nitrogens with zero attached hydrogens (tertiary/aromatic N) is 3. The van der Waals surface area contributed by atoms with Crippen LogP contribution in [0.1, 0.15) is 31.0 Å². The zero-order valence-corrected chi connectivity index (χ0v) is 19.4. The third-order valence-corrected chi connectivity index (χ3v) is 5.95. The molecule has 0 bridgehead atoms. The molecule has 0 fully saturated rings. The Bertz CT molecular complexity index is 1160. The normalized spacial score (nSPS) is 16.6. The van der Waals surface area contributed by atoms with E-state index in [4.69, 9.17) is 9.47 Å². The molecule has 2 heterocycles. The summed E-state index contributed by atoms with van der Waals surface area (Å²) in [4.78, 5) is 54.8. The van der Waals surface area contributed by atoms with Crippen LogP contribution in [-0.2, 0) is 39.6 Å². The van der Waals surface area contributed by atoms with Crippen LogP contribution in [0.4, 0.5) is 5.82 Å². The van der Waals surface area contributed by atoms with Gasteiger partial charge in [-0.05, 0) is 19.4 Å². The van der Waals surface area contributed by atoms with Crippen LogP contribution in [0.3, 0.4) is 0 Å². The van der Waals surface area contributed by atoms with Crippen LogP contribution >= 0.6 is 0 Å². The van der Waals surface area contributed by atoms with E-state index < -0.39 is 34.6 Å². The van der Waals surface area contributed by atoms with Gasteiger partial charge in [0.15, 0.2) is 5.41 Å². The maximum absolute atomic E-state index is 13.6. The van der Waals surface area contributed by atoms with E-state index in [1.54, 1.807) is 56.1 Å². The number of carbonyl (C=O) groups excluding carboxylic acids is 2.